The summed E-state index contributed by atoms with van der Waals surface area (Å²) in [7, 11) is 3.62. The second-order valence-electron chi connectivity index (χ2n) is 6.81. The zero-order chi connectivity index (χ0) is 19.6. The summed E-state index contributed by atoms with van der Waals surface area (Å²) in [5.74, 6) is 0.919. The fourth-order valence-electron chi connectivity index (χ4n) is 2.06. The highest BCUT2D eigenvalue weighted by molar-refractivity contribution is 8.77. The van der Waals surface area contributed by atoms with Crippen LogP contribution in [0.3, 0.4) is 0 Å². The van der Waals surface area contributed by atoms with Crippen molar-refractivity contribution in [3.8, 4) is 0 Å². The van der Waals surface area contributed by atoms with E-state index >= 15 is 0 Å². The first-order valence-electron chi connectivity index (χ1n) is 8.64. The largest absolute Gasteiger partial charge is 0.394 e. The van der Waals surface area contributed by atoms with Crippen molar-refractivity contribution in [1.29, 1.82) is 0 Å². The summed E-state index contributed by atoms with van der Waals surface area (Å²) in [6.45, 7) is 8.02. The lowest BCUT2D eigenvalue weighted by atomic mass is 9.99. The summed E-state index contributed by atoms with van der Waals surface area (Å²) in [6, 6.07) is 0. The van der Waals surface area contributed by atoms with Crippen LogP contribution in [-0.2, 0) is 18.9 Å². The van der Waals surface area contributed by atoms with Gasteiger partial charge in [-0.15, -0.1) is 0 Å². The number of rotatable bonds is 12. The Morgan fingerprint density at radius 1 is 0.885 bits per heavy atom. The minimum Gasteiger partial charge on any atom is -0.394 e. The first-order chi connectivity index (χ1) is 12.3. The molecule has 0 aromatic carbocycles. The number of aliphatic hydroxyl groups excluding tert-OH is 4. The van der Waals surface area contributed by atoms with Gasteiger partial charge in [0.1, 0.15) is 24.4 Å². The Bertz CT molecular complexity index is 367. The molecule has 0 aromatic heterocycles. The molecule has 8 nitrogen and oxygen atoms in total. The van der Waals surface area contributed by atoms with Crippen molar-refractivity contribution in [3.05, 3.63) is 0 Å². The summed E-state index contributed by atoms with van der Waals surface area (Å²) in [5.41, 5.74) is 0. The van der Waals surface area contributed by atoms with Crippen LogP contribution >= 0.6 is 21.6 Å². The van der Waals surface area contributed by atoms with Gasteiger partial charge in [-0.1, -0.05) is 42.4 Å². The van der Waals surface area contributed by atoms with Crippen LogP contribution in [0.25, 0.3) is 0 Å². The first kappa shape index (κ1) is 24.4. The molecule has 0 saturated carbocycles. The van der Waals surface area contributed by atoms with E-state index in [0.717, 1.165) is 5.75 Å². The molecule has 156 valence electrons. The molecule has 1 aliphatic rings. The predicted octanol–water partition coefficient (Wildman–Crippen LogP) is 0.0160. The minimum absolute atomic E-state index is 0.140. The van der Waals surface area contributed by atoms with Crippen LogP contribution in [0.4, 0.5) is 0 Å². The molecule has 1 rings (SSSR count). The molecular formula is C16H32O8S2. The molecule has 0 aliphatic carbocycles. The Labute approximate surface area is 162 Å². The summed E-state index contributed by atoms with van der Waals surface area (Å²) < 4.78 is 21.6. The molecule has 0 aromatic rings. The first-order valence-corrected chi connectivity index (χ1v) is 11.0. The standard InChI is InChI=1S/C16H32O8S2/c1-16(2,3)26-25-9-8-22-5-4-21-6-7-23-15-14(20)13(19)12(18)11(10-17)24-15/h11-15,17-20H,4-10H2,1-3H3/t11-,12+,13+,14-,15+/m1/s1. The van der Waals surface area contributed by atoms with Gasteiger partial charge in [-0.05, 0) is 0 Å². The van der Waals surface area contributed by atoms with Crippen molar-refractivity contribution in [2.75, 3.05) is 45.4 Å². The third-order valence-corrected chi connectivity index (χ3v) is 6.65. The summed E-state index contributed by atoms with van der Waals surface area (Å²) in [5, 5.41) is 38.2. The van der Waals surface area contributed by atoms with E-state index in [4.69, 9.17) is 24.1 Å². The van der Waals surface area contributed by atoms with Crippen LogP contribution < -0.4 is 0 Å². The van der Waals surface area contributed by atoms with Gasteiger partial charge >= 0.3 is 0 Å². The van der Waals surface area contributed by atoms with Crippen LogP contribution in [0, 0.1) is 0 Å². The van der Waals surface area contributed by atoms with E-state index in [0.29, 0.717) is 19.8 Å². The lowest BCUT2D eigenvalue weighted by Crippen LogP contribution is -2.59. The molecule has 5 atom stereocenters. The molecule has 1 aliphatic heterocycles. The van der Waals surface area contributed by atoms with Gasteiger partial charge in [0.25, 0.3) is 0 Å². The molecule has 26 heavy (non-hydrogen) atoms. The summed E-state index contributed by atoms with van der Waals surface area (Å²) in [4.78, 5) is 0. The number of aliphatic hydroxyl groups is 4. The van der Waals surface area contributed by atoms with Crippen molar-refractivity contribution in [3.63, 3.8) is 0 Å². The maximum Gasteiger partial charge on any atom is 0.186 e. The van der Waals surface area contributed by atoms with Crippen LogP contribution in [0.1, 0.15) is 20.8 Å². The van der Waals surface area contributed by atoms with Gasteiger partial charge in [0.2, 0.25) is 0 Å². The molecule has 1 heterocycles. The lowest BCUT2D eigenvalue weighted by molar-refractivity contribution is -0.302. The molecule has 0 spiro atoms. The van der Waals surface area contributed by atoms with Gasteiger partial charge in [0.05, 0.1) is 39.6 Å². The van der Waals surface area contributed by atoms with Crippen molar-refractivity contribution >= 4 is 21.6 Å². The SMILES string of the molecule is CC(C)(C)SSCCOCCOCCO[C@H]1O[C@H](CO)[C@H](O)[C@H](O)[C@H]1O. The summed E-state index contributed by atoms with van der Waals surface area (Å²) >= 11 is 0. The highest BCUT2D eigenvalue weighted by Gasteiger charge is 2.43. The zero-order valence-corrected chi connectivity index (χ0v) is 17.2. The molecule has 0 bridgehead atoms. The third kappa shape index (κ3) is 9.54. The highest BCUT2D eigenvalue weighted by atomic mass is 33.1. The van der Waals surface area contributed by atoms with E-state index in [1.54, 1.807) is 10.8 Å². The molecular weight excluding hydrogens is 384 g/mol. The third-order valence-electron chi connectivity index (χ3n) is 3.35. The van der Waals surface area contributed by atoms with E-state index in [1.165, 1.54) is 0 Å². The van der Waals surface area contributed by atoms with E-state index in [9.17, 15) is 15.3 Å². The highest BCUT2D eigenvalue weighted by Crippen LogP contribution is 2.34. The van der Waals surface area contributed by atoms with E-state index < -0.39 is 37.3 Å². The zero-order valence-electron chi connectivity index (χ0n) is 15.6. The Morgan fingerprint density at radius 3 is 2.12 bits per heavy atom. The van der Waals surface area contributed by atoms with Gasteiger partial charge in [0, 0.05) is 10.5 Å². The van der Waals surface area contributed by atoms with E-state index in [1.807, 2.05) is 10.8 Å². The fraction of sp³-hybridized carbons (Fsp3) is 1.00. The number of ether oxygens (including phenoxy) is 4. The molecule has 10 heteroatoms. The van der Waals surface area contributed by atoms with Gasteiger partial charge < -0.3 is 39.4 Å². The van der Waals surface area contributed by atoms with Crippen molar-refractivity contribution < 1.29 is 39.4 Å². The predicted molar refractivity (Wildman–Crippen MR) is 101 cm³/mol. The van der Waals surface area contributed by atoms with Crippen LogP contribution in [-0.4, -0.2) is 101 Å². The maximum atomic E-state index is 9.81. The number of hydrogen-bond acceptors (Lipinski definition) is 10. The fourth-order valence-corrected chi connectivity index (χ4v) is 4.20. The van der Waals surface area contributed by atoms with Gasteiger partial charge in [-0.25, -0.2) is 0 Å². The van der Waals surface area contributed by atoms with E-state index in [2.05, 4.69) is 20.8 Å². The second-order valence-corrected chi connectivity index (χ2v) is 10.1. The van der Waals surface area contributed by atoms with Gasteiger partial charge in [0.15, 0.2) is 6.29 Å². The molecule has 4 N–H and O–H groups in total. The molecule has 1 fully saturated rings. The van der Waals surface area contributed by atoms with Crippen molar-refractivity contribution in [2.45, 2.75) is 56.2 Å². The molecule has 0 radical (unpaired) electrons. The monoisotopic (exact) mass is 416 g/mol. The molecule has 0 amide bonds. The van der Waals surface area contributed by atoms with Crippen molar-refractivity contribution in [1.82, 2.24) is 0 Å². The minimum atomic E-state index is -1.44. The quantitative estimate of drug-likeness (QED) is 0.256. The molecule has 1 saturated heterocycles. The average Bonchev–Trinajstić information content (AvgIpc) is 2.58. The van der Waals surface area contributed by atoms with Gasteiger partial charge in [-0.3, -0.25) is 0 Å². The number of hydrogen-bond donors (Lipinski definition) is 4. The Morgan fingerprint density at radius 2 is 1.50 bits per heavy atom. The molecule has 0 unspecified atom stereocenters. The normalized spacial score (nSPS) is 29.9. The Hall–Kier alpha value is 0.380. The van der Waals surface area contributed by atoms with E-state index in [-0.39, 0.29) is 18.0 Å². The van der Waals surface area contributed by atoms with Crippen LogP contribution in [0.15, 0.2) is 0 Å². The second kappa shape index (κ2) is 12.8. The van der Waals surface area contributed by atoms with Crippen molar-refractivity contribution in [2.24, 2.45) is 0 Å². The maximum absolute atomic E-state index is 9.81. The Balaban J connectivity index is 2.00. The van der Waals surface area contributed by atoms with Crippen LogP contribution in [0.2, 0.25) is 0 Å². The topological polar surface area (TPSA) is 118 Å². The average molecular weight is 417 g/mol. The summed E-state index contributed by atoms with van der Waals surface area (Å²) in [6.07, 6.45) is -6.30. The van der Waals surface area contributed by atoms with Gasteiger partial charge in [-0.2, -0.15) is 0 Å². The lowest BCUT2D eigenvalue weighted by Gasteiger charge is -2.39. The smallest absolute Gasteiger partial charge is 0.186 e. The Kier molecular flexibility index (Phi) is 12.0. The van der Waals surface area contributed by atoms with Crippen LogP contribution in [0.5, 0.6) is 0 Å².